The Balaban J connectivity index is 1.51. The maximum atomic E-state index is 13.1. The molecule has 0 atom stereocenters. The molecule has 4 rings (SSSR count). The summed E-state index contributed by atoms with van der Waals surface area (Å²) in [5.41, 5.74) is 2.40. The summed E-state index contributed by atoms with van der Waals surface area (Å²) < 4.78 is 12.1. The van der Waals surface area contributed by atoms with Gasteiger partial charge in [0.05, 0.1) is 18.1 Å². The highest BCUT2D eigenvalue weighted by atomic mass is 16.6. The second-order valence-corrected chi connectivity index (χ2v) is 8.56. The number of anilines is 2. The van der Waals surface area contributed by atoms with Gasteiger partial charge in [-0.2, -0.15) is 9.67 Å². The van der Waals surface area contributed by atoms with Crippen LogP contribution in [0.4, 0.5) is 17.6 Å². The third-order valence-corrected chi connectivity index (χ3v) is 5.69. The second-order valence-electron chi connectivity index (χ2n) is 8.56. The number of rotatable bonds is 13. The molecule has 0 fully saturated rings. The molecule has 0 saturated heterocycles. The van der Waals surface area contributed by atoms with Gasteiger partial charge in [-0.3, -0.25) is 14.9 Å². The van der Waals surface area contributed by atoms with Crippen LogP contribution in [0.3, 0.4) is 0 Å². The number of non-ortho nitro benzene ring substituents is 1. The van der Waals surface area contributed by atoms with Gasteiger partial charge in [0.2, 0.25) is 11.9 Å². The van der Waals surface area contributed by atoms with Crippen LogP contribution < -0.4 is 20.1 Å². The van der Waals surface area contributed by atoms with Gasteiger partial charge in [0.25, 0.3) is 11.6 Å². The molecular formula is C29H30N6O5. The first-order chi connectivity index (χ1) is 19.4. The SMILES string of the molecule is CCOc1ccc(CNc2nc(NCc3ccc(OCC)cc3)n(C(=O)/C=C/c3cccc([N+](=O)[O-])c3)n2)cc1. The van der Waals surface area contributed by atoms with E-state index in [1.807, 2.05) is 62.4 Å². The quantitative estimate of drug-likeness (QED) is 0.126. The molecule has 40 heavy (non-hydrogen) atoms. The van der Waals surface area contributed by atoms with Gasteiger partial charge in [-0.05, 0) is 60.9 Å². The third kappa shape index (κ3) is 7.67. The van der Waals surface area contributed by atoms with Crippen LogP contribution in [0, 0.1) is 10.1 Å². The number of nitrogens with one attached hydrogen (secondary N) is 2. The smallest absolute Gasteiger partial charge is 0.274 e. The first-order valence-corrected chi connectivity index (χ1v) is 12.8. The molecule has 4 aromatic rings. The molecule has 0 saturated carbocycles. The van der Waals surface area contributed by atoms with Gasteiger partial charge < -0.3 is 20.1 Å². The lowest BCUT2D eigenvalue weighted by atomic mass is 10.2. The zero-order chi connectivity index (χ0) is 28.3. The molecule has 1 aromatic heterocycles. The van der Waals surface area contributed by atoms with Crippen molar-refractivity contribution in [3.63, 3.8) is 0 Å². The first kappa shape index (κ1) is 27.8. The normalized spacial score (nSPS) is 10.8. The van der Waals surface area contributed by atoms with Crippen LogP contribution in [-0.4, -0.2) is 38.8 Å². The topological polar surface area (TPSA) is 133 Å². The van der Waals surface area contributed by atoms with E-state index in [0.717, 1.165) is 27.3 Å². The third-order valence-electron chi connectivity index (χ3n) is 5.69. The van der Waals surface area contributed by atoms with Crippen molar-refractivity contribution in [3.8, 4) is 11.5 Å². The van der Waals surface area contributed by atoms with Crippen LogP contribution >= 0.6 is 0 Å². The van der Waals surface area contributed by atoms with E-state index in [0.29, 0.717) is 31.9 Å². The van der Waals surface area contributed by atoms with Crippen molar-refractivity contribution >= 4 is 29.6 Å². The molecule has 3 aromatic carbocycles. The van der Waals surface area contributed by atoms with Gasteiger partial charge in [0.15, 0.2) is 0 Å². The molecule has 11 nitrogen and oxygen atoms in total. The van der Waals surface area contributed by atoms with Crippen molar-refractivity contribution < 1.29 is 19.2 Å². The number of ether oxygens (including phenoxy) is 2. The molecule has 0 amide bonds. The summed E-state index contributed by atoms with van der Waals surface area (Å²) >= 11 is 0. The fourth-order valence-electron chi connectivity index (χ4n) is 3.74. The van der Waals surface area contributed by atoms with Gasteiger partial charge in [-0.25, -0.2) is 0 Å². The number of aromatic nitrogens is 3. The average Bonchev–Trinajstić information content (AvgIpc) is 3.39. The summed E-state index contributed by atoms with van der Waals surface area (Å²) in [4.78, 5) is 28.2. The van der Waals surface area contributed by atoms with Crippen molar-refractivity contribution in [1.82, 2.24) is 14.8 Å². The Morgan fingerprint density at radius 2 is 1.52 bits per heavy atom. The number of benzene rings is 3. The zero-order valence-electron chi connectivity index (χ0n) is 22.2. The lowest BCUT2D eigenvalue weighted by molar-refractivity contribution is -0.384. The Morgan fingerprint density at radius 3 is 2.10 bits per heavy atom. The van der Waals surface area contributed by atoms with Crippen LogP contribution in [0.2, 0.25) is 0 Å². The molecule has 0 bridgehead atoms. The van der Waals surface area contributed by atoms with E-state index >= 15 is 0 Å². The fraction of sp³-hybridized carbons (Fsp3) is 0.207. The second kappa shape index (κ2) is 13.6. The molecule has 1 heterocycles. The summed E-state index contributed by atoms with van der Waals surface area (Å²) in [5, 5.41) is 21.8. The number of hydrogen-bond acceptors (Lipinski definition) is 9. The number of nitrogens with zero attached hydrogens (tertiary/aromatic N) is 4. The minimum absolute atomic E-state index is 0.0613. The molecule has 0 unspecified atom stereocenters. The van der Waals surface area contributed by atoms with E-state index in [1.165, 1.54) is 24.3 Å². The van der Waals surface area contributed by atoms with Crippen LogP contribution in [0.5, 0.6) is 11.5 Å². The lowest BCUT2D eigenvalue weighted by Crippen LogP contribution is -2.14. The van der Waals surface area contributed by atoms with E-state index < -0.39 is 10.8 Å². The molecule has 0 aliphatic carbocycles. The number of carbonyl (C=O) groups excluding carboxylic acids is 1. The minimum Gasteiger partial charge on any atom is -0.494 e. The Morgan fingerprint density at radius 1 is 0.925 bits per heavy atom. The predicted octanol–water partition coefficient (Wildman–Crippen LogP) is 5.56. The molecule has 11 heteroatoms. The van der Waals surface area contributed by atoms with Crippen molar-refractivity contribution in [1.29, 1.82) is 0 Å². The zero-order valence-corrected chi connectivity index (χ0v) is 22.2. The largest absolute Gasteiger partial charge is 0.494 e. The average molecular weight is 543 g/mol. The number of hydrogen-bond donors (Lipinski definition) is 2. The molecule has 2 N–H and O–H groups in total. The number of allylic oxidation sites excluding steroid dienone is 1. The Kier molecular flexibility index (Phi) is 9.44. The number of carbonyl (C=O) groups is 1. The van der Waals surface area contributed by atoms with E-state index in [-0.39, 0.29) is 17.6 Å². The first-order valence-electron chi connectivity index (χ1n) is 12.8. The van der Waals surface area contributed by atoms with Crippen molar-refractivity contribution in [2.24, 2.45) is 0 Å². The maximum Gasteiger partial charge on any atom is 0.274 e. The highest BCUT2D eigenvalue weighted by Gasteiger charge is 2.15. The number of nitro groups is 1. The minimum atomic E-state index is -0.484. The Bertz CT molecular complexity index is 1470. The van der Waals surface area contributed by atoms with Gasteiger partial charge in [0, 0.05) is 31.3 Å². The van der Waals surface area contributed by atoms with Crippen LogP contribution in [0.15, 0.2) is 78.9 Å². The van der Waals surface area contributed by atoms with E-state index in [2.05, 4.69) is 20.7 Å². The molecule has 206 valence electrons. The maximum absolute atomic E-state index is 13.1. The Labute approximate surface area is 231 Å². The molecular weight excluding hydrogens is 512 g/mol. The highest BCUT2D eigenvalue weighted by molar-refractivity contribution is 5.94. The van der Waals surface area contributed by atoms with Crippen LogP contribution in [0.25, 0.3) is 6.08 Å². The van der Waals surface area contributed by atoms with Gasteiger partial charge >= 0.3 is 0 Å². The van der Waals surface area contributed by atoms with E-state index in [9.17, 15) is 14.9 Å². The Hall–Kier alpha value is -5.19. The highest BCUT2D eigenvalue weighted by Crippen LogP contribution is 2.18. The molecule has 0 spiro atoms. The molecule has 0 aliphatic rings. The van der Waals surface area contributed by atoms with Crippen LogP contribution in [0.1, 0.15) is 35.3 Å². The summed E-state index contributed by atoms with van der Waals surface area (Å²) in [6.45, 7) is 5.86. The van der Waals surface area contributed by atoms with Crippen molar-refractivity contribution in [2.75, 3.05) is 23.8 Å². The van der Waals surface area contributed by atoms with E-state index in [4.69, 9.17) is 9.47 Å². The fourth-order valence-corrected chi connectivity index (χ4v) is 3.74. The number of nitro benzene ring substituents is 1. The van der Waals surface area contributed by atoms with Crippen LogP contribution in [-0.2, 0) is 13.1 Å². The lowest BCUT2D eigenvalue weighted by Gasteiger charge is -2.07. The summed E-state index contributed by atoms with van der Waals surface area (Å²) in [5.74, 6) is 1.60. The monoisotopic (exact) mass is 542 g/mol. The van der Waals surface area contributed by atoms with E-state index in [1.54, 1.807) is 12.1 Å². The summed E-state index contributed by atoms with van der Waals surface area (Å²) in [7, 11) is 0. The predicted molar refractivity (Wildman–Crippen MR) is 153 cm³/mol. The molecule has 0 aliphatic heterocycles. The summed E-state index contributed by atoms with van der Waals surface area (Å²) in [6.07, 6.45) is 2.80. The molecule has 0 radical (unpaired) electrons. The summed E-state index contributed by atoms with van der Waals surface area (Å²) in [6, 6.07) is 21.3. The standard InChI is InChI=1S/C29H30N6O5/c1-3-39-25-13-8-22(9-14-25)19-30-28-32-29(31-20-23-10-15-26(16-11-23)40-4-2)34(33-28)27(36)17-12-21-6-5-7-24(18-21)35(37)38/h5-18H,3-4,19-20H2,1-2H3,(H2,30,31,32,33)/b17-12+. The van der Waals surface area contributed by atoms with Crippen molar-refractivity contribution in [3.05, 3.63) is 106 Å². The van der Waals surface area contributed by atoms with Gasteiger partial charge in [0.1, 0.15) is 11.5 Å². The van der Waals surface area contributed by atoms with Gasteiger partial charge in [-0.15, -0.1) is 5.10 Å². The van der Waals surface area contributed by atoms with Crippen molar-refractivity contribution in [2.45, 2.75) is 26.9 Å². The van der Waals surface area contributed by atoms with Gasteiger partial charge in [-0.1, -0.05) is 36.4 Å².